The summed E-state index contributed by atoms with van der Waals surface area (Å²) in [6, 6.07) is 0. The van der Waals surface area contributed by atoms with Crippen molar-refractivity contribution in [3.8, 4) is 0 Å². The molecule has 0 fully saturated rings. The van der Waals surface area contributed by atoms with Crippen molar-refractivity contribution < 1.29 is 8.76 Å². The standard InChI is InChI=1S/C4H11NO2S/c1-5(2)3-4-8(6)7/h3-4H2,1-2H3,(H,6,7). The Kier molecular flexibility index (Phi) is 4.03. The summed E-state index contributed by atoms with van der Waals surface area (Å²) in [5.74, 6) is 0.340. The van der Waals surface area contributed by atoms with Gasteiger partial charge in [-0.1, -0.05) is 0 Å². The van der Waals surface area contributed by atoms with Crippen molar-refractivity contribution in [2.45, 2.75) is 0 Å². The normalized spacial score (nSPS) is 14.5. The van der Waals surface area contributed by atoms with Gasteiger partial charge in [-0.25, -0.2) is 4.21 Å². The third kappa shape index (κ3) is 6.07. The quantitative estimate of drug-likeness (QED) is 0.546. The van der Waals surface area contributed by atoms with Crippen molar-refractivity contribution in [2.75, 3.05) is 26.4 Å². The monoisotopic (exact) mass is 137 g/mol. The Balaban J connectivity index is 3.05. The third-order valence-electron chi connectivity index (χ3n) is 0.713. The molecule has 0 aromatic carbocycles. The third-order valence-corrected chi connectivity index (χ3v) is 1.24. The van der Waals surface area contributed by atoms with E-state index in [-0.39, 0.29) is 0 Å². The van der Waals surface area contributed by atoms with E-state index in [4.69, 9.17) is 4.55 Å². The van der Waals surface area contributed by atoms with Crippen molar-refractivity contribution in [3.05, 3.63) is 0 Å². The molecule has 0 spiro atoms. The lowest BCUT2D eigenvalue weighted by Crippen LogP contribution is -2.18. The Morgan fingerprint density at radius 2 is 2.12 bits per heavy atom. The summed E-state index contributed by atoms with van der Waals surface area (Å²) in [5.41, 5.74) is 0. The van der Waals surface area contributed by atoms with Gasteiger partial charge in [0.25, 0.3) is 0 Å². The van der Waals surface area contributed by atoms with Gasteiger partial charge in [0.05, 0.1) is 5.75 Å². The molecule has 0 aliphatic carbocycles. The molecule has 8 heavy (non-hydrogen) atoms. The van der Waals surface area contributed by atoms with Crippen LogP contribution < -0.4 is 0 Å². The Labute approximate surface area is 52.0 Å². The van der Waals surface area contributed by atoms with Gasteiger partial charge in [0.2, 0.25) is 0 Å². The van der Waals surface area contributed by atoms with Gasteiger partial charge in [0.15, 0.2) is 11.1 Å². The van der Waals surface area contributed by atoms with E-state index < -0.39 is 11.1 Å². The minimum absolute atomic E-state index is 0.340. The number of hydrogen-bond acceptors (Lipinski definition) is 2. The first-order chi connectivity index (χ1) is 3.63. The molecule has 0 aliphatic heterocycles. The van der Waals surface area contributed by atoms with Crippen LogP contribution in [0.3, 0.4) is 0 Å². The molecule has 4 heteroatoms. The van der Waals surface area contributed by atoms with E-state index in [9.17, 15) is 4.21 Å². The van der Waals surface area contributed by atoms with E-state index in [1.807, 2.05) is 19.0 Å². The topological polar surface area (TPSA) is 40.5 Å². The first-order valence-corrected chi connectivity index (χ1v) is 3.62. The van der Waals surface area contributed by atoms with E-state index in [1.165, 1.54) is 0 Å². The molecule has 0 aliphatic rings. The molecule has 3 nitrogen and oxygen atoms in total. The summed E-state index contributed by atoms with van der Waals surface area (Å²) in [4.78, 5) is 1.87. The smallest absolute Gasteiger partial charge is 0.154 e. The highest BCUT2D eigenvalue weighted by atomic mass is 32.2. The van der Waals surface area contributed by atoms with Gasteiger partial charge in [-0.05, 0) is 14.1 Å². The van der Waals surface area contributed by atoms with Crippen LogP contribution in [0.4, 0.5) is 0 Å². The van der Waals surface area contributed by atoms with Crippen molar-refractivity contribution in [2.24, 2.45) is 0 Å². The van der Waals surface area contributed by atoms with E-state index >= 15 is 0 Å². The predicted octanol–water partition coefficient (Wildman–Crippen LogP) is -0.230. The SMILES string of the molecule is CN(C)CCS(=O)O. The van der Waals surface area contributed by atoms with Crippen LogP contribution >= 0.6 is 0 Å². The fourth-order valence-corrected chi connectivity index (χ4v) is 0.782. The minimum atomic E-state index is -1.63. The van der Waals surface area contributed by atoms with Crippen LogP contribution in [-0.4, -0.2) is 40.1 Å². The highest BCUT2D eigenvalue weighted by Crippen LogP contribution is 1.76. The first kappa shape index (κ1) is 8.07. The molecular weight excluding hydrogens is 126 g/mol. The van der Waals surface area contributed by atoms with Crippen LogP contribution in [0.15, 0.2) is 0 Å². The average molecular weight is 137 g/mol. The number of rotatable bonds is 3. The fourth-order valence-electron chi connectivity index (χ4n) is 0.261. The lowest BCUT2D eigenvalue weighted by molar-refractivity contribution is 0.430. The maximum atomic E-state index is 9.99. The Hall–Kier alpha value is 0.0700. The van der Waals surface area contributed by atoms with Crippen LogP contribution in [0.2, 0.25) is 0 Å². The number of hydrogen-bond donors (Lipinski definition) is 1. The molecule has 0 rings (SSSR count). The zero-order chi connectivity index (χ0) is 6.57. The van der Waals surface area contributed by atoms with E-state index in [0.29, 0.717) is 12.3 Å². The molecule has 0 amide bonds. The van der Waals surface area contributed by atoms with Crippen molar-refractivity contribution in [3.63, 3.8) is 0 Å². The van der Waals surface area contributed by atoms with Gasteiger partial charge in [-0.2, -0.15) is 0 Å². The van der Waals surface area contributed by atoms with Crippen molar-refractivity contribution in [1.29, 1.82) is 0 Å². The lowest BCUT2D eigenvalue weighted by atomic mass is 10.7. The van der Waals surface area contributed by atoms with Gasteiger partial charge < -0.3 is 9.45 Å². The summed E-state index contributed by atoms with van der Waals surface area (Å²) < 4.78 is 18.2. The van der Waals surface area contributed by atoms with E-state index in [0.717, 1.165) is 0 Å². The molecule has 0 aromatic rings. The molecule has 0 saturated carbocycles. The van der Waals surface area contributed by atoms with Crippen LogP contribution in [0, 0.1) is 0 Å². The van der Waals surface area contributed by atoms with Gasteiger partial charge in [-0.3, -0.25) is 0 Å². The molecule has 50 valence electrons. The van der Waals surface area contributed by atoms with Crippen LogP contribution in [0.5, 0.6) is 0 Å². The van der Waals surface area contributed by atoms with Gasteiger partial charge >= 0.3 is 0 Å². The summed E-state index contributed by atoms with van der Waals surface area (Å²) in [7, 11) is 3.74. The fraction of sp³-hybridized carbons (Fsp3) is 1.00. The van der Waals surface area contributed by atoms with E-state index in [2.05, 4.69) is 0 Å². The molecule has 0 bridgehead atoms. The average Bonchev–Trinajstić information content (AvgIpc) is 1.61. The van der Waals surface area contributed by atoms with Gasteiger partial charge in [0.1, 0.15) is 0 Å². The second kappa shape index (κ2) is 4.00. The second-order valence-corrected chi connectivity index (χ2v) is 2.88. The molecular formula is C4H11NO2S. The molecule has 0 aromatic heterocycles. The molecule has 0 saturated heterocycles. The summed E-state index contributed by atoms with van der Waals surface area (Å²) in [6.07, 6.45) is 0. The number of nitrogens with zero attached hydrogens (tertiary/aromatic N) is 1. The Bertz CT molecular complexity index is 84.1. The highest BCUT2D eigenvalue weighted by molar-refractivity contribution is 7.79. The Morgan fingerprint density at radius 1 is 1.62 bits per heavy atom. The first-order valence-electron chi connectivity index (χ1n) is 2.35. The van der Waals surface area contributed by atoms with Crippen LogP contribution in [0.25, 0.3) is 0 Å². The summed E-state index contributed by atoms with van der Waals surface area (Å²) >= 11 is -1.63. The zero-order valence-corrected chi connectivity index (χ0v) is 5.94. The van der Waals surface area contributed by atoms with Crippen LogP contribution in [-0.2, 0) is 11.1 Å². The van der Waals surface area contributed by atoms with Crippen molar-refractivity contribution >= 4 is 11.1 Å². The molecule has 1 atom stereocenters. The molecule has 1 N–H and O–H groups in total. The van der Waals surface area contributed by atoms with Gasteiger partial charge in [0, 0.05) is 6.54 Å². The largest absolute Gasteiger partial charge is 0.308 e. The van der Waals surface area contributed by atoms with Crippen LogP contribution in [0.1, 0.15) is 0 Å². The maximum Gasteiger partial charge on any atom is 0.154 e. The zero-order valence-electron chi connectivity index (χ0n) is 5.13. The minimum Gasteiger partial charge on any atom is -0.308 e. The molecule has 0 heterocycles. The molecule has 0 radical (unpaired) electrons. The second-order valence-electron chi connectivity index (χ2n) is 1.83. The van der Waals surface area contributed by atoms with E-state index in [1.54, 1.807) is 0 Å². The summed E-state index contributed by atoms with van der Waals surface area (Å²) in [5, 5.41) is 0. The van der Waals surface area contributed by atoms with Crippen molar-refractivity contribution in [1.82, 2.24) is 4.90 Å². The maximum absolute atomic E-state index is 9.99. The molecule has 1 unspecified atom stereocenters. The predicted molar refractivity (Wildman–Crippen MR) is 34.2 cm³/mol. The van der Waals surface area contributed by atoms with Gasteiger partial charge in [-0.15, -0.1) is 0 Å². The highest BCUT2D eigenvalue weighted by Gasteiger charge is 1.92. The summed E-state index contributed by atoms with van der Waals surface area (Å²) in [6.45, 7) is 0.670. The lowest BCUT2D eigenvalue weighted by Gasteiger charge is -2.05. The Morgan fingerprint density at radius 3 is 2.25 bits per heavy atom.